The fraction of sp³-hybridized carbons (Fsp3) is 0.375. The van der Waals surface area contributed by atoms with E-state index < -0.39 is 0 Å². The lowest BCUT2D eigenvalue weighted by molar-refractivity contribution is -0.113. The van der Waals surface area contributed by atoms with Crippen LogP contribution in [0.15, 0.2) is 58.2 Å². The summed E-state index contributed by atoms with van der Waals surface area (Å²) in [6, 6.07) is 15.8. The van der Waals surface area contributed by atoms with Crippen molar-refractivity contribution in [2.75, 3.05) is 11.1 Å². The van der Waals surface area contributed by atoms with Crippen LogP contribution in [0.2, 0.25) is 0 Å². The average Bonchev–Trinajstić information content (AvgIpc) is 3.19. The lowest BCUT2D eigenvalue weighted by atomic mass is 10.0. The highest BCUT2D eigenvalue weighted by atomic mass is 79.9. The van der Waals surface area contributed by atoms with Gasteiger partial charge in [0, 0.05) is 16.2 Å². The van der Waals surface area contributed by atoms with Gasteiger partial charge in [-0.25, -0.2) is 0 Å². The first-order valence-corrected chi connectivity index (χ1v) is 12.4. The largest absolute Gasteiger partial charge is 0.483 e. The second kappa shape index (κ2) is 11.0. The van der Waals surface area contributed by atoms with E-state index in [-0.39, 0.29) is 23.8 Å². The number of hydrogen-bond donors (Lipinski definition) is 1. The van der Waals surface area contributed by atoms with E-state index in [4.69, 9.17) is 4.74 Å². The smallest absolute Gasteiger partial charge is 0.234 e. The van der Waals surface area contributed by atoms with Crippen LogP contribution in [0.3, 0.4) is 0 Å². The van der Waals surface area contributed by atoms with E-state index in [0.29, 0.717) is 11.1 Å². The van der Waals surface area contributed by atoms with Crippen molar-refractivity contribution in [2.45, 2.75) is 57.8 Å². The van der Waals surface area contributed by atoms with Crippen molar-refractivity contribution in [3.05, 3.63) is 64.4 Å². The van der Waals surface area contributed by atoms with Crippen molar-refractivity contribution in [3.8, 4) is 5.75 Å². The Hall–Kier alpha value is -2.32. The van der Waals surface area contributed by atoms with Gasteiger partial charge in [0.15, 0.2) is 17.1 Å². The molecule has 0 fully saturated rings. The number of anilines is 1. The molecule has 0 saturated heterocycles. The lowest BCUT2D eigenvalue weighted by Crippen LogP contribution is -2.16. The van der Waals surface area contributed by atoms with Gasteiger partial charge in [0.05, 0.1) is 5.75 Å². The molecule has 1 aromatic heterocycles. The van der Waals surface area contributed by atoms with E-state index in [2.05, 4.69) is 71.3 Å². The second-order valence-corrected chi connectivity index (χ2v) is 9.99. The zero-order valence-electron chi connectivity index (χ0n) is 19.0. The van der Waals surface area contributed by atoms with Gasteiger partial charge in [-0.1, -0.05) is 53.7 Å². The molecule has 0 aliphatic rings. The van der Waals surface area contributed by atoms with E-state index in [0.717, 1.165) is 21.7 Å². The van der Waals surface area contributed by atoms with Crippen LogP contribution < -0.4 is 10.1 Å². The number of nitrogens with zero attached hydrogens (tertiary/aromatic N) is 3. The zero-order valence-corrected chi connectivity index (χ0v) is 21.4. The van der Waals surface area contributed by atoms with E-state index in [1.54, 1.807) is 0 Å². The molecule has 0 aliphatic heterocycles. The molecule has 3 rings (SSSR count). The summed E-state index contributed by atoms with van der Waals surface area (Å²) in [5.74, 6) is 2.16. The Morgan fingerprint density at radius 2 is 1.69 bits per heavy atom. The zero-order chi connectivity index (χ0) is 23.3. The van der Waals surface area contributed by atoms with Crippen molar-refractivity contribution in [2.24, 2.45) is 0 Å². The molecule has 32 heavy (non-hydrogen) atoms. The summed E-state index contributed by atoms with van der Waals surface area (Å²) in [5.41, 5.74) is 2.03. The minimum absolute atomic E-state index is 0.0910. The summed E-state index contributed by atoms with van der Waals surface area (Å²) in [5, 5.41) is 12.3. The summed E-state index contributed by atoms with van der Waals surface area (Å²) < 4.78 is 9.14. The lowest BCUT2D eigenvalue weighted by Gasteiger charge is -2.19. The number of nitrogens with one attached hydrogen (secondary N) is 1. The first-order valence-electron chi connectivity index (χ1n) is 10.6. The molecule has 170 valence electrons. The fourth-order valence-corrected chi connectivity index (χ4v) is 4.34. The number of carbonyl (C=O) groups is 1. The van der Waals surface area contributed by atoms with Gasteiger partial charge in [-0.3, -0.25) is 4.79 Å². The van der Waals surface area contributed by atoms with Gasteiger partial charge in [-0.05, 0) is 68.7 Å². The van der Waals surface area contributed by atoms with Gasteiger partial charge in [-0.15, -0.1) is 10.2 Å². The third-order valence-electron chi connectivity index (χ3n) is 4.89. The Balaban J connectivity index is 1.66. The number of rotatable bonds is 9. The van der Waals surface area contributed by atoms with E-state index in [9.17, 15) is 4.79 Å². The Bertz CT molecular complexity index is 1030. The van der Waals surface area contributed by atoms with Crippen LogP contribution in [-0.2, 0) is 4.79 Å². The SMILES string of the molecule is CC(C)c1ccc(OC(C)c2nnc(SCC(=O)Nc3ccc(Br)cc3)n2C(C)C)cc1. The maximum Gasteiger partial charge on any atom is 0.234 e. The number of ether oxygens (including phenoxy) is 1. The highest BCUT2D eigenvalue weighted by Gasteiger charge is 2.22. The minimum Gasteiger partial charge on any atom is -0.483 e. The molecule has 1 heterocycles. The number of halogens is 1. The molecule has 2 aromatic carbocycles. The molecule has 0 bridgehead atoms. The number of hydrogen-bond acceptors (Lipinski definition) is 5. The Labute approximate surface area is 202 Å². The topological polar surface area (TPSA) is 69.0 Å². The predicted octanol–water partition coefficient (Wildman–Crippen LogP) is 6.62. The molecule has 0 radical (unpaired) electrons. The van der Waals surface area contributed by atoms with Crippen molar-refractivity contribution >= 4 is 39.3 Å². The van der Waals surface area contributed by atoms with Crippen LogP contribution in [0.4, 0.5) is 5.69 Å². The normalized spacial score (nSPS) is 12.2. The van der Waals surface area contributed by atoms with Gasteiger partial charge in [-0.2, -0.15) is 0 Å². The molecule has 0 aliphatic carbocycles. The van der Waals surface area contributed by atoms with E-state index in [1.807, 2.05) is 47.9 Å². The fourth-order valence-electron chi connectivity index (χ4n) is 3.20. The van der Waals surface area contributed by atoms with Gasteiger partial charge in [0.1, 0.15) is 5.75 Å². The van der Waals surface area contributed by atoms with Crippen LogP contribution >= 0.6 is 27.7 Å². The van der Waals surface area contributed by atoms with E-state index >= 15 is 0 Å². The van der Waals surface area contributed by atoms with Crippen LogP contribution in [0, 0.1) is 0 Å². The first-order chi connectivity index (χ1) is 15.2. The molecule has 1 unspecified atom stereocenters. The van der Waals surface area contributed by atoms with Crippen LogP contribution in [0.1, 0.15) is 64.1 Å². The summed E-state index contributed by atoms with van der Waals surface area (Å²) >= 11 is 4.76. The molecular weight excluding hydrogens is 488 g/mol. The molecule has 1 amide bonds. The maximum atomic E-state index is 12.4. The average molecular weight is 517 g/mol. The number of thioether (sulfide) groups is 1. The molecule has 0 saturated carbocycles. The van der Waals surface area contributed by atoms with E-state index in [1.165, 1.54) is 17.3 Å². The predicted molar refractivity (Wildman–Crippen MR) is 133 cm³/mol. The van der Waals surface area contributed by atoms with Crippen molar-refractivity contribution in [1.82, 2.24) is 14.8 Å². The summed E-state index contributed by atoms with van der Waals surface area (Å²) in [6.45, 7) is 10.4. The Kier molecular flexibility index (Phi) is 8.37. The monoisotopic (exact) mass is 516 g/mol. The highest BCUT2D eigenvalue weighted by molar-refractivity contribution is 9.10. The number of aromatic nitrogens is 3. The van der Waals surface area contributed by atoms with Crippen LogP contribution in [0.25, 0.3) is 0 Å². The number of amides is 1. The number of carbonyl (C=O) groups excluding carboxylic acids is 1. The molecular formula is C24H29BrN4O2S. The van der Waals surface area contributed by atoms with Gasteiger partial charge in [0.2, 0.25) is 5.91 Å². The Morgan fingerprint density at radius 3 is 2.28 bits per heavy atom. The van der Waals surface area contributed by atoms with Crippen molar-refractivity contribution in [3.63, 3.8) is 0 Å². The summed E-state index contributed by atoms with van der Waals surface area (Å²) in [4.78, 5) is 12.4. The van der Waals surface area contributed by atoms with Gasteiger partial charge in [0.25, 0.3) is 0 Å². The summed E-state index contributed by atoms with van der Waals surface area (Å²) in [6.07, 6.45) is -0.277. The highest BCUT2D eigenvalue weighted by Crippen LogP contribution is 2.28. The molecule has 1 N–H and O–H groups in total. The number of benzene rings is 2. The standard InChI is InChI=1S/C24H29BrN4O2S/c1-15(2)18-6-12-21(13-7-18)31-17(5)23-27-28-24(29(23)16(3)4)32-14-22(30)26-20-10-8-19(25)9-11-20/h6-13,15-17H,14H2,1-5H3,(H,26,30). The van der Waals surface area contributed by atoms with Gasteiger partial charge >= 0.3 is 0 Å². The maximum absolute atomic E-state index is 12.4. The third-order valence-corrected chi connectivity index (χ3v) is 6.36. The Morgan fingerprint density at radius 1 is 1.03 bits per heavy atom. The quantitative estimate of drug-likeness (QED) is 0.323. The first kappa shape index (κ1) is 24.3. The second-order valence-electron chi connectivity index (χ2n) is 8.13. The molecule has 0 spiro atoms. The van der Waals surface area contributed by atoms with Crippen LogP contribution in [0.5, 0.6) is 5.75 Å². The van der Waals surface area contributed by atoms with Gasteiger partial charge < -0.3 is 14.6 Å². The molecule has 8 heteroatoms. The molecule has 1 atom stereocenters. The molecule has 3 aromatic rings. The van der Waals surface area contributed by atoms with Crippen molar-refractivity contribution < 1.29 is 9.53 Å². The molecule has 6 nitrogen and oxygen atoms in total. The summed E-state index contributed by atoms with van der Waals surface area (Å²) in [7, 11) is 0. The van der Waals surface area contributed by atoms with Crippen molar-refractivity contribution in [1.29, 1.82) is 0 Å². The third kappa shape index (κ3) is 6.36. The van der Waals surface area contributed by atoms with Crippen LogP contribution in [-0.4, -0.2) is 26.4 Å². The minimum atomic E-state index is -0.277.